The van der Waals surface area contributed by atoms with Gasteiger partial charge in [0.05, 0.1) is 59.7 Å². The normalized spacial score (nSPS) is 18.9. The molecule has 20 heteroatoms. The number of carbonyl (C=O) groups is 1. The van der Waals surface area contributed by atoms with Gasteiger partial charge in [0, 0.05) is 29.9 Å². The molecule has 17 nitrogen and oxygen atoms in total. The topological polar surface area (TPSA) is 184 Å². The second-order valence-corrected chi connectivity index (χ2v) is 20.9. The van der Waals surface area contributed by atoms with Crippen LogP contribution in [-0.2, 0) is 52.4 Å². The minimum Gasteiger partial charge on any atom is -0.442 e. The Morgan fingerprint density at radius 2 is 1.50 bits per heavy atom. The molecule has 1 fully saturated rings. The number of amides is 1. The highest BCUT2D eigenvalue weighted by Gasteiger charge is 2.46. The van der Waals surface area contributed by atoms with Gasteiger partial charge in [-0.3, -0.25) is 37.0 Å². The number of hydrogen-bond donors (Lipinski definition) is 0. The quantitative estimate of drug-likeness (QED) is 0.132. The molecule has 4 heterocycles. The van der Waals surface area contributed by atoms with Gasteiger partial charge in [-0.15, -0.1) is 5.10 Å². The van der Waals surface area contributed by atoms with Crippen molar-refractivity contribution < 1.29 is 55.0 Å². The van der Waals surface area contributed by atoms with Gasteiger partial charge in [0.25, 0.3) is 0 Å². The molecule has 1 amide bonds. The summed E-state index contributed by atoms with van der Waals surface area (Å²) in [7, 11) is -8.63. The van der Waals surface area contributed by atoms with Crippen LogP contribution in [0, 0.1) is 5.82 Å². The van der Waals surface area contributed by atoms with Crippen molar-refractivity contribution >= 4 is 33.1 Å². The molecular weight excluding hydrogens is 797 g/mol. The minimum absolute atomic E-state index is 0.0862. The van der Waals surface area contributed by atoms with Crippen LogP contribution in [0.3, 0.4) is 0 Å². The van der Waals surface area contributed by atoms with Crippen molar-refractivity contribution in [1.29, 1.82) is 0 Å². The summed E-state index contributed by atoms with van der Waals surface area (Å²) in [4.78, 5) is 24.3. The van der Waals surface area contributed by atoms with Gasteiger partial charge in [-0.1, -0.05) is 16.4 Å². The second kappa shape index (κ2) is 17.2. The third kappa shape index (κ3) is 13.2. The van der Waals surface area contributed by atoms with E-state index in [-0.39, 0.29) is 18.5 Å². The molecule has 0 bridgehead atoms. The van der Waals surface area contributed by atoms with Crippen molar-refractivity contribution in [1.82, 2.24) is 20.0 Å². The third-order valence-corrected chi connectivity index (χ3v) is 11.8. The van der Waals surface area contributed by atoms with Crippen LogP contribution in [0.2, 0.25) is 0 Å². The van der Waals surface area contributed by atoms with Gasteiger partial charge in [-0.05, 0) is 107 Å². The van der Waals surface area contributed by atoms with Gasteiger partial charge in [0.15, 0.2) is 6.10 Å². The number of ether oxygens (including phenoxy) is 1. The summed E-state index contributed by atoms with van der Waals surface area (Å²) in [5.74, 6) is -0.566. The van der Waals surface area contributed by atoms with Crippen LogP contribution in [0.1, 0.15) is 95.2 Å². The lowest BCUT2D eigenvalue weighted by Crippen LogP contribution is -2.36. The van der Waals surface area contributed by atoms with Crippen LogP contribution < -0.4 is 4.90 Å². The Hall–Kier alpha value is -3.60. The molecular formula is C38H55FN6O11P2. The van der Waals surface area contributed by atoms with Crippen molar-refractivity contribution in [2.45, 2.75) is 137 Å². The van der Waals surface area contributed by atoms with Gasteiger partial charge < -0.3 is 9.57 Å². The number of anilines is 1. The molecule has 2 aromatic heterocycles. The highest BCUT2D eigenvalue weighted by Crippen LogP contribution is 2.59. The Morgan fingerprint density at radius 1 is 0.879 bits per heavy atom. The van der Waals surface area contributed by atoms with Gasteiger partial charge in [-0.25, -0.2) is 23.0 Å². The molecule has 0 spiro atoms. The zero-order valence-corrected chi connectivity index (χ0v) is 36.9. The summed E-state index contributed by atoms with van der Waals surface area (Å²) < 4.78 is 86.3. The van der Waals surface area contributed by atoms with E-state index in [9.17, 15) is 13.9 Å². The van der Waals surface area contributed by atoms with Crippen LogP contribution in [0.5, 0.6) is 0 Å². The molecule has 58 heavy (non-hydrogen) atoms. The summed E-state index contributed by atoms with van der Waals surface area (Å²) >= 11 is 0. The van der Waals surface area contributed by atoms with E-state index in [1.807, 2.05) is 0 Å². The van der Waals surface area contributed by atoms with Crippen LogP contribution in [0.15, 0.2) is 54.1 Å². The van der Waals surface area contributed by atoms with E-state index < -0.39 is 74.9 Å². The lowest BCUT2D eigenvalue weighted by molar-refractivity contribution is -0.0745. The average Bonchev–Trinajstić information content (AvgIpc) is 3.82. The summed E-state index contributed by atoms with van der Waals surface area (Å²) in [6.07, 6.45) is 1.52. The van der Waals surface area contributed by atoms with E-state index in [2.05, 4.69) is 20.5 Å². The molecule has 3 atom stereocenters. The number of phosphoric acid groups is 2. The molecule has 2 unspecified atom stereocenters. The average molecular weight is 853 g/mol. The number of oxime groups is 1. The first-order valence-corrected chi connectivity index (χ1v) is 21.8. The fourth-order valence-corrected chi connectivity index (χ4v) is 9.56. The largest absolute Gasteiger partial charge is 0.476 e. The molecule has 0 saturated carbocycles. The summed E-state index contributed by atoms with van der Waals surface area (Å²) in [6, 6.07) is 7.81. The third-order valence-electron chi connectivity index (χ3n) is 7.68. The molecule has 2 aliphatic heterocycles. The smallest absolute Gasteiger partial charge is 0.442 e. The number of nitrogens with zero attached hydrogens (tertiary/aromatic N) is 6. The maximum atomic E-state index is 15.6. The van der Waals surface area contributed by atoms with Gasteiger partial charge in [-0.2, -0.15) is 0 Å². The van der Waals surface area contributed by atoms with E-state index in [1.54, 1.807) is 118 Å². The van der Waals surface area contributed by atoms with Gasteiger partial charge in [0.2, 0.25) is 0 Å². The predicted molar refractivity (Wildman–Crippen MR) is 213 cm³/mol. The van der Waals surface area contributed by atoms with E-state index in [0.717, 1.165) is 0 Å². The second-order valence-electron chi connectivity index (χ2n) is 17.9. The maximum Gasteiger partial charge on any atom is 0.476 e. The van der Waals surface area contributed by atoms with E-state index in [0.29, 0.717) is 29.2 Å². The van der Waals surface area contributed by atoms with E-state index >= 15 is 4.39 Å². The van der Waals surface area contributed by atoms with Gasteiger partial charge >= 0.3 is 21.7 Å². The number of cyclic esters (lactones) is 1. The molecule has 0 aliphatic carbocycles. The van der Waals surface area contributed by atoms with E-state index in [1.165, 1.54) is 23.4 Å². The Balaban J connectivity index is 1.33. The van der Waals surface area contributed by atoms with Crippen molar-refractivity contribution in [2.24, 2.45) is 5.16 Å². The maximum absolute atomic E-state index is 15.6. The van der Waals surface area contributed by atoms with Gasteiger partial charge in [0.1, 0.15) is 23.7 Å². The monoisotopic (exact) mass is 852 g/mol. The molecule has 0 N–H and O–H groups in total. The van der Waals surface area contributed by atoms with Crippen molar-refractivity contribution in [2.75, 3.05) is 18.1 Å². The van der Waals surface area contributed by atoms with Crippen LogP contribution in [-0.4, -0.2) is 85.7 Å². The fraction of sp³-hybridized carbons (Fsp3) is 0.605. The standard InChI is InChI=1S/C38H55FN6O11P2/c1-35(2,3)53-57(47,54-36(4,5)6)49-24-33(52-58(48,55-37(7,8)9)56-38(10,11)12)32-20-31(42-51-32)30-16-13-25(21-40-30)28-15-14-26(19-29(28)39)45-23-27(50-34(45)46)22-44-18-17-41-43-44/h13-19,21,27,32-33H,20,22-24H2,1-12H3/t27?,32-,33?/m1/s1. The molecule has 320 valence electrons. The van der Waals surface area contributed by atoms with Crippen molar-refractivity contribution in [3.63, 3.8) is 0 Å². The number of halogens is 1. The Morgan fingerprint density at radius 3 is 2.03 bits per heavy atom. The number of carbonyl (C=O) groups excluding carboxylic acids is 1. The fourth-order valence-electron chi connectivity index (χ4n) is 5.75. The van der Waals surface area contributed by atoms with Crippen LogP contribution in [0.4, 0.5) is 14.9 Å². The molecule has 3 aromatic rings. The van der Waals surface area contributed by atoms with Crippen molar-refractivity contribution in [3.05, 3.63) is 60.4 Å². The Bertz CT molecular complexity index is 1980. The SMILES string of the molecule is CC(C)(C)OP(=O)(OCC(OP(=O)(OC(C)(C)C)OC(C)(C)C)[C@H]1CC(c2ccc(-c3ccc(N4CC(Cn5ccnn5)OC4=O)cc3F)cn2)=NO1)OC(C)(C)C. The zero-order chi connectivity index (χ0) is 42.9. The number of aromatic nitrogens is 4. The first-order chi connectivity index (χ1) is 26.7. The number of phosphoric ester groups is 2. The number of rotatable bonds is 15. The first kappa shape index (κ1) is 45.5. The highest BCUT2D eigenvalue weighted by molar-refractivity contribution is 7.49. The number of benzene rings is 1. The highest BCUT2D eigenvalue weighted by atomic mass is 31.2. The summed E-state index contributed by atoms with van der Waals surface area (Å²) in [6.45, 7) is 20.5. The molecule has 2 aliphatic rings. The van der Waals surface area contributed by atoms with E-state index in [4.69, 9.17) is 36.7 Å². The molecule has 1 saturated heterocycles. The lowest BCUT2D eigenvalue weighted by Gasteiger charge is -2.35. The molecule has 1 aromatic carbocycles. The zero-order valence-electron chi connectivity index (χ0n) is 35.1. The number of pyridine rings is 1. The van der Waals surface area contributed by atoms with Crippen LogP contribution in [0.25, 0.3) is 11.1 Å². The minimum atomic E-state index is -4.37. The first-order valence-electron chi connectivity index (χ1n) is 18.8. The summed E-state index contributed by atoms with van der Waals surface area (Å²) in [5, 5.41) is 11.9. The van der Waals surface area contributed by atoms with Crippen LogP contribution >= 0.6 is 15.6 Å². The Kier molecular flexibility index (Phi) is 13.5. The lowest BCUT2D eigenvalue weighted by atomic mass is 10.0. The molecule has 5 rings (SSSR count). The Labute approximate surface area is 339 Å². The number of hydrogen-bond acceptors (Lipinski definition) is 15. The predicted octanol–water partition coefficient (Wildman–Crippen LogP) is 8.88. The summed E-state index contributed by atoms with van der Waals surface area (Å²) in [5.41, 5.74) is -1.88. The van der Waals surface area contributed by atoms with Crippen molar-refractivity contribution in [3.8, 4) is 11.1 Å². The molecule has 0 radical (unpaired) electrons.